The predicted molar refractivity (Wildman–Crippen MR) is 204 cm³/mol. The van der Waals surface area contributed by atoms with Crippen molar-refractivity contribution >= 4 is 47.1 Å². The van der Waals surface area contributed by atoms with Crippen LogP contribution in [0.3, 0.4) is 0 Å². The molecule has 0 atom stereocenters. The molecule has 286 valence electrons. The van der Waals surface area contributed by atoms with Gasteiger partial charge in [-0.3, -0.25) is 0 Å². The zero-order valence-electron chi connectivity index (χ0n) is 29.8. The van der Waals surface area contributed by atoms with Crippen LogP contribution in [0.2, 0.25) is 0 Å². The Balaban J connectivity index is 1.29. The Bertz CT molecular complexity index is 2550. The molecule has 7 aromatic rings. The zero-order chi connectivity index (χ0) is 40.1. The van der Waals surface area contributed by atoms with Gasteiger partial charge in [0, 0.05) is 46.2 Å². The summed E-state index contributed by atoms with van der Waals surface area (Å²) < 4.78 is 143. The number of hydrogen-bond acceptors (Lipinski definition) is 5. The van der Waals surface area contributed by atoms with E-state index in [0.717, 1.165) is 36.0 Å². The highest BCUT2D eigenvalue weighted by Gasteiger charge is 2.26. The van der Waals surface area contributed by atoms with E-state index in [-0.39, 0.29) is 22.6 Å². The summed E-state index contributed by atoms with van der Waals surface area (Å²) in [6, 6.07) is 19.4. The molecule has 21 rings (SSSR count). The molecule has 14 aliphatic rings. The van der Waals surface area contributed by atoms with Gasteiger partial charge in [0.05, 0.1) is 37.1 Å². The smallest absolute Gasteiger partial charge is 0.169 e. The van der Waals surface area contributed by atoms with Crippen LogP contribution in [-0.2, 0) is 12.8 Å². The molecule has 0 radical (unpaired) electrons. The van der Waals surface area contributed by atoms with Gasteiger partial charge < -0.3 is 9.47 Å². The molecule has 0 spiro atoms. The maximum absolute atomic E-state index is 15.5. The summed E-state index contributed by atoms with van der Waals surface area (Å²) >= 11 is 0.974. The van der Waals surface area contributed by atoms with Crippen molar-refractivity contribution in [2.75, 3.05) is 14.2 Å². The molecule has 6 aromatic carbocycles. The van der Waals surface area contributed by atoms with Gasteiger partial charge in [0.1, 0.15) is 22.5 Å². The van der Waals surface area contributed by atoms with Crippen molar-refractivity contribution in [3.8, 4) is 33.8 Å². The molecule has 1 aromatic heterocycles. The molecular formula is C44H26F8N2O2S. The quantitative estimate of drug-likeness (QED) is 0.129. The van der Waals surface area contributed by atoms with Crippen LogP contribution < -0.4 is 9.47 Å². The number of aromatic nitrogens is 2. The SMILES string of the molecule is COc1cc2c(OC)cc1C=Cc1c(F)c(F)c(c(F)c1F)Cc1ccc(cc1)-c1ccc(c3nsnc13)-c1ccc(cc1)Cc1c(F)c(F)c(c(F)c1F)C=C2. The third-order valence-electron chi connectivity index (χ3n) is 9.92. The first-order valence-corrected chi connectivity index (χ1v) is 18.0. The molecule has 0 saturated heterocycles. The fraction of sp³-hybridized carbons (Fsp3) is 0.0909. The van der Waals surface area contributed by atoms with Gasteiger partial charge in [0.15, 0.2) is 46.5 Å². The first kappa shape index (κ1) is 37.6. The Morgan fingerprint density at radius 3 is 1.14 bits per heavy atom. The van der Waals surface area contributed by atoms with Gasteiger partial charge in [-0.2, -0.15) is 8.75 Å². The molecule has 0 N–H and O–H groups in total. The molecule has 1 heterocycles. The van der Waals surface area contributed by atoms with Gasteiger partial charge in [-0.1, -0.05) is 72.8 Å². The predicted octanol–water partition coefficient (Wildman–Crippen LogP) is 12.0. The van der Waals surface area contributed by atoms with Crippen molar-refractivity contribution in [2.45, 2.75) is 12.8 Å². The first-order valence-electron chi connectivity index (χ1n) is 17.2. The highest BCUT2D eigenvalue weighted by molar-refractivity contribution is 7.00. The van der Waals surface area contributed by atoms with Gasteiger partial charge in [0.2, 0.25) is 0 Å². The Morgan fingerprint density at radius 2 is 0.807 bits per heavy atom. The van der Waals surface area contributed by atoms with E-state index in [0.29, 0.717) is 44.4 Å². The monoisotopic (exact) mass is 798 g/mol. The molecule has 57 heavy (non-hydrogen) atoms. The number of methoxy groups -OCH3 is 2. The second kappa shape index (κ2) is 15.0. The molecule has 0 amide bonds. The van der Waals surface area contributed by atoms with Crippen molar-refractivity contribution in [3.05, 3.63) is 164 Å². The summed E-state index contributed by atoms with van der Waals surface area (Å²) in [4.78, 5) is 0. The number of rotatable bonds is 2. The van der Waals surface area contributed by atoms with E-state index in [1.54, 1.807) is 48.5 Å². The lowest BCUT2D eigenvalue weighted by Gasteiger charge is -2.13. The normalized spacial score (nSPS) is 12.5. The Morgan fingerprint density at radius 1 is 0.456 bits per heavy atom. The lowest BCUT2D eigenvalue weighted by Crippen LogP contribution is -2.07. The summed E-state index contributed by atoms with van der Waals surface area (Å²) in [5.41, 5.74) is 1.28. The summed E-state index contributed by atoms with van der Waals surface area (Å²) in [5.74, 6) is -12.7. The van der Waals surface area contributed by atoms with E-state index in [2.05, 4.69) is 8.75 Å². The Labute approximate surface area is 324 Å². The lowest BCUT2D eigenvalue weighted by molar-refractivity contribution is 0.401. The number of nitrogens with zero attached hydrogens (tertiary/aromatic N) is 2. The number of hydrogen-bond donors (Lipinski definition) is 0. The summed E-state index contributed by atoms with van der Waals surface area (Å²) in [6.45, 7) is 0. The molecular weight excluding hydrogens is 773 g/mol. The van der Waals surface area contributed by atoms with E-state index < -0.39 is 81.6 Å². The van der Waals surface area contributed by atoms with E-state index in [1.807, 2.05) is 12.1 Å². The molecule has 13 heteroatoms. The minimum atomic E-state index is -1.62. The van der Waals surface area contributed by atoms with Crippen molar-refractivity contribution in [2.24, 2.45) is 0 Å². The maximum atomic E-state index is 15.5. The molecule has 0 unspecified atom stereocenters. The molecule has 0 saturated carbocycles. The molecule has 12 bridgehead atoms. The second-order valence-corrected chi connectivity index (χ2v) is 13.7. The standard InChI is InChI=1S/C44H26F8N2O2S/c1-55-33-19-26-12-14-30-37(47)41(51)32(42(52)38(30)48)18-22-5-9-24(10-6-22)28-16-15-27(43-44(28)54-57-53-43)23-7-3-21(4-8-23)17-31-39(49)35(45)29(36(46)40(31)50)13-11-25(33)20-34(26)56-2/h3-16,19-20H,17-18H2,1-2H3. The topological polar surface area (TPSA) is 44.2 Å². The molecule has 4 nitrogen and oxygen atoms in total. The van der Waals surface area contributed by atoms with Crippen LogP contribution in [0.4, 0.5) is 35.1 Å². The van der Waals surface area contributed by atoms with Crippen LogP contribution in [0.25, 0.3) is 57.6 Å². The van der Waals surface area contributed by atoms with Gasteiger partial charge >= 0.3 is 0 Å². The molecule has 0 aliphatic heterocycles. The van der Waals surface area contributed by atoms with Gasteiger partial charge in [-0.15, -0.1) is 0 Å². The third kappa shape index (κ3) is 6.61. The van der Waals surface area contributed by atoms with Crippen molar-refractivity contribution in [1.82, 2.24) is 8.75 Å². The summed E-state index contributed by atoms with van der Waals surface area (Å²) in [5, 5.41) is 0. The van der Waals surface area contributed by atoms with Crippen LogP contribution >= 0.6 is 11.7 Å². The van der Waals surface area contributed by atoms with Crippen molar-refractivity contribution in [1.29, 1.82) is 0 Å². The number of halogens is 8. The summed E-state index contributed by atoms with van der Waals surface area (Å²) in [6.07, 6.45) is 3.01. The Kier molecular flexibility index (Phi) is 9.86. The van der Waals surface area contributed by atoms with E-state index in [4.69, 9.17) is 9.47 Å². The first-order chi connectivity index (χ1) is 27.5. The molecule has 14 aliphatic carbocycles. The molecule has 0 fully saturated rings. The van der Waals surface area contributed by atoms with Gasteiger partial charge in [-0.05, 0) is 46.5 Å². The summed E-state index contributed by atoms with van der Waals surface area (Å²) in [7, 11) is 2.51. The highest BCUT2D eigenvalue weighted by Crippen LogP contribution is 2.37. The van der Waals surface area contributed by atoms with Crippen molar-refractivity contribution < 1.29 is 44.6 Å². The van der Waals surface area contributed by atoms with Crippen LogP contribution in [0.5, 0.6) is 11.5 Å². The maximum Gasteiger partial charge on any atom is 0.169 e. The average Bonchev–Trinajstić information content (AvgIpc) is 3.73. The number of ether oxygens (including phenoxy) is 2. The van der Waals surface area contributed by atoms with Crippen LogP contribution in [0.1, 0.15) is 44.5 Å². The fourth-order valence-corrected chi connectivity index (χ4v) is 7.46. The average molecular weight is 799 g/mol. The largest absolute Gasteiger partial charge is 0.496 e. The minimum absolute atomic E-state index is 0.0374. The van der Waals surface area contributed by atoms with Crippen LogP contribution in [0, 0.1) is 46.5 Å². The van der Waals surface area contributed by atoms with Gasteiger partial charge in [-0.25, -0.2) is 35.1 Å². The lowest BCUT2D eigenvalue weighted by atomic mass is 9.94. The second-order valence-electron chi connectivity index (χ2n) is 13.2. The van der Waals surface area contributed by atoms with Crippen molar-refractivity contribution in [3.63, 3.8) is 0 Å². The van der Waals surface area contributed by atoms with E-state index in [1.165, 1.54) is 26.4 Å². The fourth-order valence-electron chi connectivity index (χ4n) is 6.89. The van der Waals surface area contributed by atoms with E-state index in [9.17, 15) is 0 Å². The highest BCUT2D eigenvalue weighted by atomic mass is 32.1. The van der Waals surface area contributed by atoms with Crippen LogP contribution in [-0.4, -0.2) is 23.0 Å². The Hall–Kier alpha value is -6.34. The number of benzene rings is 6. The third-order valence-corrected chi connectivity index (χ3v) is 10.5. The zero-order valence-corrected chi connectivity index (χ0v) is 30.6. The minimum Gasteiger partial charge on any atom is -0.496 e. The van der Waals surface area contributed by atoms with E-state index >= 15 is 35.1 Å². The van der Waals surface area contributed by atoms with Crippen LogP contribution in [0.15, 0.2) is 72.8 Å². The van der Waals surface area contributed by atoms with Gasteiger partial charge in [0.25, 0.3) is 0 Å².